The predicted molar refractivity (Wildman–Crippen MR) is 122 cm³/mol. The number of aliphatic hydroxyl groups excluding tert-OH is 1. The van der Waals surface area contributed by atoms with E-state index in [0.717, 1.165) is 49.3 Å². The van der Waals surface area contributed by atoms with Gasteiger partial charge in [-0.25, -0.2) is 0 Å². The van der Waals surface area contributed by atoms with E-state index in [0.29, 0.717) is 10.8 Å². The van der Waals surface area contributed by atoms with Crippen LogP contribution in [0.4, 0.5) is 0 Å². The maximum atomic E-state index is 10.2. The summed E-state index contributed by atoms with van der Waals surface area (Å²) in [5.74, 6) is 2.64. The van der Waals surface area contributed by atoms with Crippen LogP contribution in [0.2, 0.25) is 0 Å². The SMILES string of the molecule is CC(=O)[O-].C[C@]12CC[C@H](O)CC1=CCC1C2CC[C@@]2(C)C1CC[C@@H]2[NH2+]CCCCS. The predicted octanol–water partition coefficient (Wildman–Crippen LogP) is 2.71. The highest BCUT2D eigenvalue weighted by Gasteiger charge is 2.59. The molecular weight excluding hydrogens is 394 g/mol. The number of hydrogen-bond donors (Lipinski definition) is 3. The summed E-state index contributed by atoms with van der Waals surface area (Å²) < 4.78 is 0. The summed E-state index contributed by atoms with van der Waals surface area (Å²) >= 11 is 4.36. The molecule has 0 heterocycles. The lowest BCUT2D eigenvalue weighted by molar-refractivity contribution is -0.701. The fourth-order valence-electron chi connectivity index (χ4n) is 7.64. The Kier molecular flexibility index (Phi) is 8.01. The molecule has 3 unspecified atom stereocenters. The molecule has 4 nitrogen and oxygen atoms in total. The van der Waals surface area contributed by atoms with Gasteiger partial charge in [0.05, 0.1) is 18.7 Å². The van der Waals surface area contributed by atoms with Gasteiger partial charge >= 0.3 is 0 Å². The molecule has 0 aromatic rings. The number of carboxylic acid groups (broad SMARTS) is 1. The van der Waals surface area contributed by atoms with Gasteiger partial charge in [0.2, 0.25) is 0 Å². The van der Waals surface area contributed by atoms with Gasteiger partial charge in [-0.2, -0.15) is 12.6 Å². The minimum absolute atomic E-state index is 0.0811. The summed E-state index contributed by atoms with van der Waals surface area (Å²) in [6.45, 7) is 7.44. The largest absolute Gasteiger partial charge is 0.550 e. The lowest BCUT2D eigenvalue weighted by atomic mass is 9.48. The number of unbranched alkanes of at least 4 members (excludes halogenated alkanes) is 1. The van der Waals surface area contributed by atoms with Gasteiger partial charge < -0.3 is 20.3 Å². The molecule has 3 N–H and O–H groups in total. The van der Waals surface area contributed by atoms with Gasteiger partial charge in [-0.15, -0.1) is 0 Å². The first kappa shape index (κ1) is 24.1. The molecule has 0 bridgehead atoms. The summed E-state index contributed by atoms with van der Waals surface area (Å²) in [5, 5.41) is 21.7. The zero-order valence-electron chi connectivity index (χ0n) is 19.2. The molecule has 4 aliphatic rings. The third-order valence-corrected chi connectivity index (χ3v) is 9.53. The smallest absolute Gasteiger partial charge is 0.0916 e. The molecule has 4 aliphatic carbocycles. The Bertz CT molecular complexity index is 634. The van der Waals surface area contributed by atoms with Gasteiger partial charge in [-0.3, -0.25) is 0 Å². The standard InChI is InChI=1S/C23H39NOS.C2H4O2/c1-22-11-9-17(25)15-16(22)5-6-18-19-7-8-21(24-13-3-4-14-26)23(19,2)12-10-20(18)22;1-2(3)4/h5,17-21,24-26H,3-4,6-15H2,1-2H3;1H3,(H,3,4)/t17-,18?,19?,20?,21-,22-,23-;/m0./s1. The minimum Gasteiger partial charge on any atom is -0.550 e. The lowest BCUT2D eigenvalue weighted by Crippen LogP contribution is -2.92. The van der Waals surface area contributed by atoms with E-state index < -0.39 is 5.97 Å². The molecule has 3 fully saturated rings. The van der Waals surface area contributed by atoms with Gasteiger partial charge in [0.15, 0.2) is 0 Å². The summed E-state index contributed by atoms with van der Waals surface area (Å²) in [6.07, 6.45) is 15.3. The van der Waals surface area contributed by atoms with Gasteiger partial charge in [0.1, 0.15) is 0 Å². The van der Waals surface area contributed by atoms with E-state index >= 15 is 0 Å². The lowest BCUT2D eigenvalue weighted by Gasteiger charge is -2.57. The van der Waals surface area contributed by atoms with Crippen LogP contribution in [-0.2, 0) is 4.79 Å². The van der Waals surface area contributed by atoms with Crippen molar-refractivity contribution in [1.82, 2.24) is 0 Å². The minimum atomic E-state index is -1.08. The Balaban J connectivity index is 0.000000589. The van der Waals surface area contributed by atoms with Crippen LogP contribution >= 0.6 is 12.6 Å². The van der Waals surface area contributed by atoms with E-state index in [-0.39, 0.29) is 6.10 Å². The average molecular weight is 438 g/mol. The highest BCUT2D eigenvalue weighted by atomic mass is 32.1. The van der Waals surface area contributed by atoms with Crippen molar-refractivity contribution in [2.24, 2.45) is 28.6 Å². The number of carbonyl (C=O) groups is 1. The quantitative estimate of drug-likeness (QED) is 0.352. The van der Waals surface area contributed by atoms with Crippen LogP contribution in [0.3, 0.4) is 0 Å². The third-order valence-electron chi connectivity index (χ3n) is 9.21. The zero-order valence-corrected chi connectivity index (χ0v) is 20.1. The van der Waals surface area contributed by atoms with Crippen LogP contribution in [0.15, 0.2) is 11.6 Å². The Morgan fingerprint density at radius 1 is 1.20 bits per heavy atom. The van der Waals surface area contributed by atoms with Crippen LogP contribution < -0.4 is 10.4 Å². The third kappa shape index (κ3) is 4.78. The highest BCUT2D eigenvalue weighted by molar-refractivity contribution is 7.80. The normalized spacial score (nSPS) is 42.2. The van der Waals surface area contributed by atoms with Crippen molar-refractivity contribution >= 4 is 18.6 Å². The summed E-state index contributed by atoms with van der Waals surface area (Å²) in [7, 11) is 0. The first-order valence-electron chi connectivity index (χ1n) is 12.2. The number of allylic oxidation sites excluding steroid dienone is 1. The first-order valence-corrected chi connectivity index (χ1v) is 12.8. The van der Waals surface area contributed by atoms with E-state index in [1.165, 1.54) is 57.9 Å². The van der Waals surface area contributed by atoms with E-state index in [9.17, 15) is 5.11 Å². The summed E-state index contributed by atoms with van der Waals surface area (Å²) in [6, 6.07) is 0.847. The number of hydrogen-bond acceptors (Lipinski definition) is 4. The van der Waals surface area contributed by atoms with Gasteiger partial charge in [0, 0.05) is 17.8 Å². The number of aliphatic hydroxyl groups is 1. The Morgan fingerprint density at radius 3 is 2.63 bits per heavy atom. The van der Waals surface area contributed by atoms with Crippen molar-refractivity contribution in [3.8, 4) is 0 Å². The fourth-order valence-corrected chi connectivity index (χ4v) is 7.87. The second-order valence-electron chi connectivity index (χ2n) is 10.8. The maximum Gasteiger partial charge on any atom is 0.0916 e. The molecule has 0 amide bonds. The molecule has 172 valence electrons. The Labute approximate surface area is 188 Å². The molecule has 0 radical (unpaired) electrons. The zero-order chi connectivity index (χ0) is 21.9. The topological polar surface area (TPSA) is 77.0 Å². The summed E-state index contributed by atoms with van der Waals surface area (Å²) in [5.41, 5.74) is 2.55. The van der Waals surface area contributed by atoms with Gasteiger partial charge in [-0.05, 0) is 93.6 Å². The molecule has 3 saturated carbocycles. The number of rotatable bonds is 5. The van der Waals surface area contributed by atoms with Crippen molar-refractivity contribution in [2.45, 2.75) is 97.1 Å². The van der Waals surface area contributed by atoms with Crippen LogP contribution in [-0.4, -0.2) is 35.5 Å². The number of nitrogens with two attached hydrogens (primary N) is 1. The van der Waals surface area contributed by atoms with Crippen LogP contribution in [0.25, 0.3) is 0 Å². The number of carboxylic acids is 1. The second-order valence-corrected chi connectivity index (χ2v) is 11.3. The maximum absolute atomic E-state index is 10.2. The van der Waals surface area contributed by atoms with Crippen molar-refractivity contribution in [3.63, 3.8) is 0 Å². The monoisotopic (exact) mass is 437 g/mol. The molecule has 0 aromatic heterocycles. The van der Waals surface area contributed by atoms with Crippen molar-refractivity contribution in [3.05, 3.63) is 11.6 Å². The van der Waals surface area contributed by atoms with Crippen LogP contribution in [0.1, 0.15) is 85.0 Å². The molecule has 0 aromatic carbocycles. The number of carbonyl (C=O) groups excluding carboxylic acids is 1. The Hall–Kier alpha value is -0.520. The van der Waals surface area contributed by atoms with Gasteiger partial charge in [-0.1, -0.05) is 25.5 Å². The van der Waals surface area contributed by atoms with Crippen molar-refractivity contribution in [2.75, 3.05) is 12.3 Å². The molecule has 0 spiro atoms. The number of quaternary nitrogens is 1. The summed E-state index contributed by atoms with van der Waals surface area (Å²) in [4.78, 5) is 8.89. The number of aliphatic carboxylic acids is 1. The van der Waals surface area contributed by atoms with Crippen molar-refractivity contribution in [1.29, 1.82) is 0 Å². The number of thiol groups is 1. The molecule has 4 rings (SSSR count). The van der Waals surface area contributed by atoms with Gasteiger partial charge in [0.25, 0.3) is 0 Å². The van der Waals surface area contributed by atoms with Crippen LogP contribution in [0, 0.1) is 28.6 Å². The second kappa shape index (κ2) is 9.95. The van der Waals surface area contributed by atoms with E-state index in [1.54, 1.807) is 5.57 Å². The highest BCUT2D eigenvalue weighted by Crippen LogP contribution is 2.64. The fraction of sp³-hybridized carbons (Fsp3) is 0.880. The molecular formula is C25H43NO3S. The molecule has 7 atom stereocenters. The Morgan fingerprint density at radius 2 is 1.93 bits per heavy atom. The molecule has 30 heavy (non-hydrogen) atoms. The van der Waals surface area contributed by atoms with Crippen molar-refractivity contribution < 1.29 is 20.3 Å². The van der Waals surface area contributed by atoms with E-state index in [1.807, 2.05) is 0 Å². The molecule has 0 saturated heterocycles. The number of fused-ring (bicyclic) bond motifs is 5. The first-order chi connectivity index (χ1) is 14.2. The van der Waals surface area contributed by atoms with E-state index in [4.69, 9.17) is 9.90 Å². The molecule has 5 heteroatoms. The van der Waals surface area contributed by atoms with E-state index in [2.05, 4.69) is 37.9 Å². The van der Waals surface area contributed by atoms with Crippen LogP contribution in [0.5, 0.6) is 0 Å². The molecule has 0 aliphatic heterocycles. The average Bonchev–Trinajstić information content (AvgIpc) is 3.02.